The van der Waals surface area contributed by atoms with Crippen molar-refractivity contribution in [2.24, 2.45) is 0 Å². The van der Waals surface area contributed by atoms with Crippen LogP contribution in [-0.2, 0) is 16.0 Å². The smallest absolute Gasteiger partial charge is 0.226 e. The first kappa shape index (κ1) is 22.1. The van der Waals surface area contributed by atoms with Crippen LogP contribution in [0.25, 0.3) is 0 Å². The lowest BCUT2D eigenvalue weighted by molar-refractivity contribution is -0.130. The van der Waals surface area contributed by atoms with Crippen LogP contribution in [-0.4, -0.2) is 69.8 Å². The summed E-state index contributed by atoms with van der Waals surface area (Å²) in [5.41, 5.74) is 3.21. The maximum atomic E-state index is 13.0. The number of amides is 1. The monoisotopic (exact) mass is 412 g/mol. The number of rotatable bonds is 8. The van der Waals surface area contributed by atoms with Crippen LogP contribution < -0.4 is 9.47 Å². The molecule has 30 heavy (non-hydrogen) atoms. The molecule has 1 fully saturated rings. The van der Waals surface area contributed by atoms with Gasteiger partial charge in [0.25, 0.3) is 0 Å². The summed E-state index contributed by atoms with van der Waals surface area (Å²) in [6.45, 7) is 5.76. The zero-order valence-electron chi connectivity index (χ0n) is 18.4. The standard InChI is InChI=1S/C24H32N2O4/c1-18-5-10-23(29-4)20(15-18)16-24(27)25(2)17-22(26-11-13-30-14-12-26)19-6-8-21(28-3)9-7-19/h5-10,15,22H,11-14,16-17H2,1-4H3/t22-/m1/s1. The highest BCUT2D eigenvalue weighted by atomic mass is 16.5. The van der Waals surface area contributed by atoms with Crippen molar-refractivity contribution >= 4 is 5.91 Å². The average molecular weight is 413 g/mol. The Balaban J connectivity index is 1.75. The molecular formula is C24H32N2O4. The fourth-order valence-electron chi connectivity index (χ4n) is 3.85. The number of nitrogens with zero attached hydrogens (tertiary/aromatic N) is 2. The molecular weight excluding hydrogens is 380 g/mol. The fourth-order valence-corrected chi connectivity index (χ4v) is 3.85. The van der Waals surface area contributed by atoms with Gasteiger partial charge in [-0.1, -0.05) is 29.8 Å². The molecule has 0 unspecified atom stereocenters. The SMILES string of the molecule is COc1ccc([C@@H](CN(C)C(=O)Cc2cc(C)ccc2OC)N2CCOCC2)cc1. The second kappa shape index (κ2) is 10.5. The summed E-state index contributed by atoms with van der Waals surface area (Å²) < 4.78 is 16.3. The van der Waals surface area contributed by atoms with Gasteiger partial charge in [0.15, 0.2) is 0 Å². The van der Waals surface area contributed by atoms with Gasteiger partial charge >= 0.3 is 0 Å². The molecule has 1 aliphatic heterocycles. The van der Waals surface area contributed by atoms with Crippen LogP contribution in [0, 0.1) is 6.92 Å². The quantitative estimate of drug-likeness (QED) is 0.667. The molecule has 1 aliphatic rings. The Morgan fingerprint density at radius 1 is 1.10 bits per heavy atom. The number of aryl methyl sites for hydroxylation is 1. The van der Waals surface area contributed by atoms with Crippen molar-refractivity contribution in [3.63, 3.8) is 0 Å². The number of ether oxygens (including phenoxy) is 3. The Hall–Kier alpha value is -2.57. The van der Waals surface area contributed by atoms with E-state index in [1.165, 1.54) is 5.56 Å². The minimum absolute atomic E-state index is 0.0747. The van der Waals surface area contributed by atoms with E-state index < -0.39 is 0 Å². The Morgan fingerprint density at radius 2 is 1.80 bits per heavy atom. The zero-order chi connectivity index (χ0) is 21.5. The van der Waals surface area contributed by atoms with Crippen LogP contribution in [0.2, 0.25) is 0 Å². The molecule has 0 spiro atoms. The van der Waals surface area contributed by atoms with Crippen molar-refractivity contribution < 1.29 is 19.0 Å². The van der Waals surface area contributed by atoms with E-state index in [1.807, 2.05) is 49.2 Å². The average Bonchev–Trinajstić information content (AvgIpc) is 2.78. The number of carbonyl (C=O) groups excluding carboxylic acids is 1. The third-order valence-corrected chi connectivity index (χ3v) is 5.64. The molecule has 1 amide bonds. The van der Waals surface area contributed by atoms with E-state index in [0.29, 0.717) is 26.2 Å². The molecule has 0 bridgehead atoms. The number of carbonyl (C=O) groups is 1. The van der Waals surface area contributed by atoms with Crippen molar-refractivity contribution in [2.45, 2.75) is 19.4 Å². The fraction of sp³-hybridized carbons (Fsp3) is 0.458. The van der Waals surface area contributed by atoms with E-state index in [2.05, 4.69) is 17.0 Å². The number of likely N-dealkylation sites (N-methyl/N-ethyl adjacent to an activating group) is 1. The maximum absolute atomic E-state index is 13.0. The van der Waals surface area contributed by atoms with Gasteiger partial charge in [0.2, 0.25) is 5.91 Å². The summed E-state index contributed by atoms with van der Waals surface area (Å²) in [6, 6.07) is 14.2. The molecule has 2 aromatic carbocycles. The third kappa shape index (κ3) is 5.52. The first-order valence-electron chi connectivity index (χ1n) is 10.3. The summed E-state index contributed by atoms with van der Waals surface area (Å²) >= 11 is 0. The topological polar surface area (TPSA) is 51.2 Å². The van der Waals surface area contributed by atoms with Crippen molar-refractivity contribution in [1.82, 2.24) is 9.80 Å². The summed E-state index contributed by atoms with van der Waals surface area (Å²) in [6.07, 6.45) is 0.319. The first-order chi connectivity index (χ1) is 14.5. The predicted octanol–water partition coefficient (Wildman–Crippen LogP) is 3.09. The molecule has 2 aromatic rings. The van der Waals surface area contributed by atoms with Crippen LogP contribution in [0.1, 0.15) is 22.7 Å². The van der Waals surface area contributed by atoms with Crippen LogP contribution in [0.4, 0.5) is 0 Å². The lowest BCUT2D eigenvalue weighted by Crippen LogP contribution is -2.44. The summed E-state index contributed by atoms with van der Waals surface area (Å²) in [5.74, 6) is 1.66. The van der Waals surface area contributed by atoms with Gasteiger partial charge < -0.3 is 19.1 Å². The second-order valence-electron chi connectivity index (χ2n) is 7.70. The van der Waals surface area contributed by atoms with Crippen molar-refractivity contribution in [1.29, 1.82) is 0 Å². The minimum atomic E-state index is 0.0747. The van der Waals surface area contributed by atoms with E-state index in [1.54, 1.807) is 14.2 Å². The van der Waals surface area contributed by atoms with Crippen LogP contribution in [0.5, 0.6) is 11.5 Å². The Morgan fingerprint density at radius 3 is 2.43 bits per heavy atom. The number of hydrogen-bond acceptors (Lipinski definition) is 5. The van der Waals surface area contributed by atoms with Gasteiger partial charge in [-0.05, 0) is 30.7 Å². The summed E-state index contributed by atoms with van der Waals surface area (Å²) in [4.78, 5) is 17.3. The molecule has 3 rings (SSSR count). The third-order valence-electron chi connectivity index (χ3n) is 5.64. The molecule has 0 saturated carbocycles. The number of hydrogen-bond donors (Lipinski definition) is 0. The zero-order valence-corrected chi connectivity index (χ0v) is 18.4. The van der Waals surface area contributed by atoms with E-state index >= 15 is 0 Å². The maximum Gasteiger partial charge on any atom is 0.226 e. The van der Waals surface area contributed by atoms with Crippen molar-refractivity contribution in [2.75, 3.05) is 54.1 Å². The van der Waals surface area contributed by atoms with Gasteiger partial charge in [-0.3, -0.25) is 9.69 Å². The first-order valence-corrected chi connectivity index (χ1v) is 10.3. The van der Waals surface area contributed by atoms with E-state index in [-0.39, 0.29) is 11.9 Å². The molecule has 0 radical (unpaired) electrons. The van der Waals surface area contributed by atoms with Crippen LogP contribution in [0.3, 0.4) is 0 Å². The van der Waals surface area contributed by atoms with E-state index in [9.17, 15) is 4.79 Å². The predicted molar refractivity (Wildman–Crippen MR) is 117 cm³/mol. The van der Waals surface area contributed by atoms with Gasteiger partial charge in [-0.25, -0.2) is 0 Å². The van der Waals surface area contributed by atoms with Gasteiger partial charge in [0, 0.05) is 32.2 Å². The Kier molecular flexibility index (Phi) is 7.71. The van der Waals surface area contributed by atoms with Gasteiger partial charge in [-0.2, -0.15) is 0 Å². The van der Waals surface area contributed by atoms with Crippen LogP contribution in [0.15, 0.2) is 42.5 Å². The molecule has 6 nitrogen and oxygen atoms in total. The Labute approximate surface area is 179 Å². The highest BCUT2D eigenvalue weighted by Gasteiger charge is 2.26. The highest BCUT2D eigenvalue weighted by Crippen LogP contribution is 2.26. The number of morpholine rings is 1. The van der Waals surface area contributed by atoms with Gasteiger partial charge in [-0.15, -0.1) is 0 Å². The van der Waals surface area contributed by atoms with E-state index in [0.717, 1.165) is 35.7 Å². The Bertz CT molecular complexity index is 832. The molecule has 1 heterocycles. The van der Waals surface area contributed by atoms with E-state index in [4.69, 9.17) is 14.2 Å². The molecule has 0 aromatic heterocycles. The van der Waals surface area contributed by atoms with Gasteiger partial charge in [0.05, 0.1) is 39.9 Å². The second-order valence-corrected chi connectivity index (χ2v) is 7.70. The molecule has 1 saturated heterocycles. The lowest BCUT2D eigenvalue weighted by Gasteiger charge is -2.37. The van der Waals surface area contributed by atoms with Crippen molar-refractivity contribution in [3.8, 4) is 11.5 Å². The number of methoxy groups -OCH3 is 2. The van der Waals surface area contributed by atoms with Crippen LogP contribution >= 0.6 is 0 Å². The summed E-state index contributed by atoms with van der Waals surface area (Å²) in [7, 11) is 5.18. The lowest BCUT2D eigenvalue weighted by atomic mass is 10.0. The molecule has 1 atom stereocenters. The molecule has 6 heteroatoms. The molecule has 0 aliphatic carbocycles. The largest absolute Gasteiger partial charge is 0.497 e. The van der Waals surface area contributed by atoms with Crippen molar-refractivity contribution in [3.05, 3.63) is 59.2 Å². The minimum Gasteiger partial charge on any atom is -0.497 e. The molecule has 0 N–H and O–H groups in total. The van der Waals surface area contributed by atoms with Gasteiger partial charge in [0.1, 0.15) is 11.5 Å². The summed E-state index contributed by atoms with van der Waals surface area (Å²) in [5, 5.41) is 0. The molecule has 162 valence electrons. The number of benzene rings is 2. The highest BCUT2D eigenvalue weighted by molar-refractivity contribution is 5.79. The normalized spacial score (nSPS) is 15.5.